The van der Waals surface area contributed by atoms with Gasteiger partial charge in [-0.1, -0.05) is 30.3 Å². The number of fused-ring (bicyclic) bond motifs is 1. The highest BCUT2D eigenvalue weighted by molar-refractivity contribution is 6.19. The van der Waals surface area contributed by atoms with Gasteiger partial charge >= 0.3 is 6.18 Å². The van der Waals surface area contributed by atoms with Crippen molar-refractivity contribution < 1.29 is 27.3 Å². The quantitative estimate of drug-likeness (QED) is 0.425. The van der Waals surface area contributed by atoms with Crippen LogP contribution in [-0.4, -0.2) is 44.4 Å². The normalized spacial score (nSPS) is 22.2. The summed E-state index contributed by atoms with van der Waals surface area (Å²) >= 11 is 0. The van der Waals surface area contributed by atoms with Crippen LogP contribution in [0.15, 0.2) is 64.7 Å². The molecule has 2 aromatic carbocycles. The molecule has 0 saturated carbocycles. The van der Waals surface area contributed by atoms with Crippen molar-refractivity contribution in [2.45, 2.75) is 31.2 Å². The molecule has 0 bridgehead atoms. The molecule has 2 aliphatic rings. The van der Waals surface area contributed by atoms with Crippen molar-refractivity contribution in [3.05, 3.63) is 81.9 Å². The van der Waals surface area contributed by atoms with Crippen LogP contribution in [0.5, 0.6) is 0 Å². The van der Waals surface area contributed by atoms with Crippen LogP contribution in [0.2, 0.25) is 0 Å². The van der Waals surface area contributed by atoms with Crippen LogP contribution in [0.25, 0.3) is 17.0 Å². The number of hydrogen-bond acceptors (Lipinski definition) is 8. The van der Waals surface area contributed by atoms with E-state index in [0.717, 1.165) is 5.01 Å². The highest BCUT2D eigenvalue weighted by Gasteiger charge is 2.58. The number of carbonyl (C=O) groups is 1. The van der Waals surface area contributed by atoms with Crippen LogP contribution in [0.4, 0.5) is 18.9 Å². The van der Waals surface area contributed by atoms with Crippen LogP contribution < -0.4 is 10.7 Å². The van der Waals surface area contributed by atoms with E-state index in [-0.39, 0.29) is 28.7 Å². The number of halogens is 3. The van der Waals surface area contributed by atoms with Crippen LogP contribution in [-0.2, 0) is 4.79 Å². The standard InChI is InChI=1S/C22H17F3N6O4/c1-11-15(20-28-27-19(35-20)13-7-9-14(10-8-13)31(33)34)21(32)30-18(26-11)16(12-5-3-2-4-6-12)17(29-30)22(23,24)25/h2-10,16-18,26,29H,1H3. The summed E-state index contributed by atoms with van der Waals surface area (Å²) in [5.74, 6) is -2.05. The van der Waals surface area contributed by atoms with Gasteiger partial charge in [-0.25, -0.2) is 10.4 Å². The van der Waals surface area contributed by atoms with Crippen LogP contribution in [0.1, 0.15) is 24.3 Å². The fourth-order valence-corrected chi connectivity index (χ4v) is 4.31. The molecule has 1 aromatic heterocycles. The Morgan fingerprint density at radius 3 is 2.34 bits per heavy atom. The first-order valence-corrected chi connectivity index (χ1v) is 10.4. The Balaban J connectivity index is 1.48. The van der Waals surface area contributed by atoms with Crippen molar-refractivity contribution in [3.63, 3.8) is 0 Å². The molecule has 3 atom stereocenters. The molecule has 13 heteroatoms. The Kier molecular flexibility index (Phi) is 5.28. The summed E-state index contributed by atoms with van der Waals surface area (Å²) in [6, 6.07) is 11.5. The number of nitrogens with zero attached hydrogens (tertiary/aromatic N) is 4. The average Bonchev–Trinajstić information content (AvgIpc) is 3.45. The van der Waals surface area contributed by atoms with Crippen LogP contribution >= 0.6 is 0 Å². The maximum absolute atomic E-state index is 13.9. The molecule has 0 radical (unpaired) electrons. The number of nitro groups is 1. The van der Waals surface area contributed by atoms with Gasteiger partial charge in [-0.15, -0.1) is 10.2 Å². The van der Waals surface area contributed by atoms with E-state index in [0.29, 0.717) is 11.1 Å². The molecule has 180 valence electrons. The van der Waals surface area contributed by atoms with E-state index in [4.69, 9.17) is 4.42 Å². The minimum Gasteiger partial charge on any atom is -0.416 e. The van der Waals surface area contributed by atoms with Crippen molar-refractivity contribution in [1.29, 1.82) is 0 Å². The molecule has 0 spiro atoms. The summed E-state index contributed by atoms with van der Waals surface area (Å²) in [5.41, 5.74) is 3.18. The Bertz CT molecular complexity index is 1320. The highest BCUT2D eigenvalue weighted by Crippen LogP contribution is 2.42. The van der Waals surface area contributed by atoms with Gasteiger partial charge in [-0.3, -0.25) is 14.9 Å². The molecular formula is C22H17F3N6O4. The Morgan fingerprint density at radius 1 is 1.06 bits per heavy atom. The molecule has 3 unspecified atom stereocenters. The van der Waals surface area contributed by atoms with Gasteiger partial charge in [0.2, 0.25) is 5.89 Å². The number of amides is 1. The summed E-state index contributed by atoms with van der Waals surface area (Å²) in [5, 5.41) is 22.5. The zero-order valence-corrected chi connectivity index (χ0v) is 18.0. The molecule has 1 fully saturated rings. The average molecular weight is 486 g/mol. The third-order valence-electron chi connectivity index (χ3n) is 5.93. The maximum Gasteiger partial charge on any atom is 0.406 e. The first kappa shape index (κ1) is 22.5. The number of benzene rings is 2. The van der Waals surface area contributed by atoms with Gasteiger partial charge in [0.05, 0.1) is 10.8 Å². The molecule has 1 saturated heterocycles. The Hall–Kier alpha value is -4.26. The zero-order valence-electron chi connectivity index (χ0n) is 18.0. The number of nitro benzene ring substituents is 1. The smallest absolute Gasteiger partial charge is 0.406 e. The van der Waals surface area contributed by atoms with E-state index in [1.807, 2.05) is 0 Å². The number of carbonyl (C=O) groups excluding carboxylic acids is 1. The van der Waals surface area contributed by atoms with E-state index < -0.39 is 35.1 Å². The van der Waals surface area contributed by atoms with E-state index >= 15 is 0 Å². The van der Waals surface area contributed by atoms with Crippen molar-refractivity contribution in [2.24, 2.45) is 0 Å². The number of allylic oxidation sites excluding steroid dienone is 1. The third kappa shape index (κ3) is 3.89. The fraction of sp³-hybridized carbons (Fsp3) is 0.227. The van der Waals surface area contributed by atoms with E-state index in [2.05, 4.69) is 20.9 Å². The number of nitrogens with one attached hydrogen (secondary N) is 2. The second-order valence-electron chi connectivity index (χ2n) is 8.07. The number of aromatic nitrogens is 2. The molecule has 10 nitrogen and oxygen atoms in total. The molecule has 35 heavy (non-hydrogen) atoms. The van der Waals surface area contributed by atoms with E-state index in [1.54, 1.807) is 37.3 Å². The van der Waals surface area contributed by atoms with Crippen molar-refractivity contribution in [2.75, 3.05) is 0 Å². The van der Waals surface area contributed by atoms with Gasteiger partial charge in [-0.2, -0.15) is 13.2 Å². The van der Waals surface area contributed by atoms with Gasteiger partial charge in [0.15, 0.2) is 0 Å². The second kappa shape index (κ2) is 8.20. The topological polar surface area (TPSA) is 126 Å². The molecule has 3 aromatic rings. The number of alkyl halides is 3. The predicted molar refractivity (Wildman–Crippen MR) is 115 cm³/mol. The van der Waals surface area contributed by atoms with E-state index in [9.17, 15) is 28.1 Å². The van der Waals surface area contributed by atoms with Gasteiger partial charge < -0.3 is 9.73 Å². The minimum atomic E-state index is -4.62. The summed E-state index contributed by atoms with van der Waals surface area (Å²) in [6.45, 7) is 1.54. The molecule has 3 heterocycles. The molecule has 0 aliphatic carbocycles. The van der Waals surface area contributed by atoms with Gasteiger partial charge in [0.1, 0.15) is 17.8 Å². The maximum atomic E-state index is 13.9. The lowest BCUT2D eigenvalue weighted by atomic mass is 9.89. The summed E-state index contributed by atoms with van der Waals surface area (Å²) in [7, 11) is 0. The van der Waals surface area contributed by atoms with Crippen LogP contribution in [0.3, 0.4) is 0 Å². The molecular weight excluding hydrogens is 469 g/mol. The number of hydrogen-bond donors (Lipinski definition) is 2. The predicted octanol–water partition coefficient (Wildman–Crippen LogP) is 3.37. The zero-order chi connectivity index (χ0) is 24.9. The SMILES string of the molecule is CC1=C(c2nnc(-c3ccc([N+](=O)[O-])cc3)o2)C(=O)N2NC(C(F)(F)F)C(c3ccccc3)C2N1. The monoisotopic (exact) mass is 486 g/mol. The first-order chi connectivity index (χ1) is 16.6. The lowest BCUT2D eigenvalue weighted by molar-refractivity contribution is -0.384. The molecule has 1 amide bonds. The fourth-order valence-electron chi connectivity index (χ4n) is 4.31. The van der Waals surface area contributed by atoms with Gasteiger partial charge in [-0.05, 0) is 24.6 Å². The first-order valence-electron chi connectivity index (χ1n) is 10.4. The Labute approximate surface area is 195 Å². The lowest BCUT2D eigenvalue weighted by Gasteiger charge is -2.34. The van der Waals surface area contributed by atoms with Crippen molar-refractivity contribution in [1.82, 2.24) is 25.9 Å². The summed E-state index contributed by atoms with van der Waals surface area (Å²) in [6.07, 6.45) is -5.63. The number of rotatable bonds is 4. The van der Waals surface area contributed by atoms with E-state index in [1.165, 1.54) is 24.3 Å². The van der Waals surface area contributed by atoms with Gasteiger partial charge in [0.25, 0.3) is 17.5 Å². The largest absolute Gasteiger partial charge is 0.416 e. The number of non-ortho nitro benzene ring substituents is 1. The molecule has 5 rings (SSSR count). The summed E-state index contributed by atoms with van der Waals surface area (Å²) in [4.78, 5) is 23.6. The van der Waals surface area contributed by atoms with Crippen molar-refractivity contribution >= 4 is 17.2 Å². The van der Waals surface area contributed by atoms with Crippen molar-refractivity contribution in [3.8, 4) is 11.5 Å². The van der Waals surface area contributed by atoms with Gasteiger partial charge in [0, 0.05) is 23.4 Å². The number of hydrazine groups is 1. The molecule has 2 aliphatic heterocycles. The molecule has 2 N–H and O–H groups in total. The summed E-state index contributed by atoms with van der Waals surface area (Å²) < 4.78 is 47.4. The van der Waals surface area contributed by atoms with Crippen LogP contribution in [0, 0.1) is 10.1 Å². The third-order valence-corrected chi connectivity index (χ3v) is 5.93. The lowest BCUT2D eigenvalue weighted by Crippen LogP contribution is -2.54. The highest BCUT2D eigenvalue weighted by atomic mass is 19.4. The second-order valence-corrected chi connectivity index (χ2v) is 8.07. The Morgan fingerprint density at radius 2 is 1.71 bits per heavy atom. The minimum absolute atomic E-state index is 0.00478.